The Balaban J connectivity index is 1.81. The topological polar surface area (TPSA) is 0 Å². The number of thioether (sulfide) groups is 3. The first-order valence-corrected chi connectivity index (χ1v) is 8.30. The predicted molar refractivity (Wildman–Crippen MR) is 69.1 cm³/mol. The van der Waals surface area contributed by atoms with Crippen molar-refractivity contribution in [2.75, 3.05) is 28.1 Å². The van der Waals surface area contributed by atoms with Crippen molar-refractivity contribution >= 4 is 47.9 Å². The lowest BCUT2D eigenvalue weighted by atomic mass is 10.4. The van der Waals surface area contributed by atoms with Gasteiger partial charge in [0.25, 0.3) is 0 Å². The smallest absolute Gasteiger partial charge is 0.0395 e. The molecule has 0 radical (unpaired) electrons. The van der Waals surface area contributed by atoms with Gasteiger partial charge in [0.05, 0.1) is 0 Å². The first-order chi connectivity index (χ1) is 5.93. The van der Waals surface area contributed by atoms with Crippen LogP contribution in [0, 0.1) is 0 Å². The maximum atomic E-state index is 4.19. The van der Waals surface area contributed by atoms with Gasteiger partial charge in [0.2, 0.25) is 0 Å². The molecule has 0 aliphatic carbocycles. The van der Waals surface area contributed by atoms with E-state index in [4.69, 9.17) is 0 Å². The lowest BCUT2D eigenvalue weighted by Crippen LogP contribution is -2.02. The van der Waals surface area contributed by atoms with E-state index in [-0.39, 0.29) is 0 Å². The predicted octanol–water partition coefficient (Wildman–Crippen LogP) is 3.24. The molecule has 1 atom stereocenters. The standard InChI is InChI=1S/C8H16S4/c9-3-1-4-10-5-2-8-6-11-7-12-8/h8-9H,1-7H2. The Labute approximate surface area is 93.8 Å². The third kappa shape index (κ3) is 5.20. The molecule has 0 aromatic rings. The second kappa shape index (κ2) is 7.77. The SMILES string of the molecule is SCCCSCCC1CSCS1. The van der Waals surface area contributed by atoms with Gasteiger partial charge in [-0.15, -0.1) is 23.5 Å². The average molecular weight is 240 g/mol. The van der Waals surface area contributed by atoms with Crippen LogP contribution < -0.4 is 0 Å². The van der Waals surface area contributed by atoms with Gasteiger partial charge in [-0.3, -0.25) is 0 Å². The van der Waals surface area contributed by atoms with Crippen molar-refractivity contribution in [3.05, 3.63) is 0 Å². The van der Waals surface area contributed by atoms with E-state index in [0.29, 0.717) is 0 Å². The zero-order valence-corrected chi connectivity index (χ0v) is 10.5. The van der Waals surface area contributed by atoms with Crippen molar-refractivity contribution in [3.8, 4) is 0 Å². The van der Waals surface area contributed by atoms with Crippen LogP contribution in [0.3, 0.4) is 0 Å². The zero-order chi connectivity index (χ0) is 8.65. The number of hydrogen-bond acceptors (Lipinski definition) is 4. The van der Waals surface area contributed by atoms with Crippen molar-refractivity contribution in [1.29, 1.82) is 0 Å². The zero-order valence-electron chi connectivity index (χ0n) is 7.20. The molecule has 0 amide bonds. The minimum absolute atomic E-state index is 0.957. The van der Waals surface area contributed by atoms with Crippen LogP contribution in [0.4, 0.5) is 0 Å². The molecule has 1 heterocycles. The molecule has 0 spiro atoms. The molecule has 1 aliphatic rings. The molecule has 1 aliphatic heterocycles. The molecular weight excluding hydrogens is 224 g/mol. The van der Waals surface area contributed by atoms with Gasteiger partial charge in [0.15, 0.2) is 0 Å². The summed E-state index contributed by atoms with van der Waals surface area (Å²) < 4.78 is 0. The van der Waals surface area contributed by atoms with Crippen LogP contribution >= 0.6 is 47.9 Å². The summed E-state index contributed by atoms with van der Waals surface area (Å²) in [6, 6.07) is 0. The molecule has 0 nitrogen and oxygen atoms in total. The summed E-state index contributed by atoms with van der Waals surface area (Å²) in [6.45, 7) is 0. The van der Waals surface area contributed by atoms with E-state index >= 15 is 0 Å². The maximum absolute atomic E-state index is 4.19. The first-order valence-electron chi connectivity index (χ1n) is 4.31. The highest BCUT2D eigenvalue weighted by Gasteiger charge is 2.14. The summed E-state index contributed by atoms with van der Waals surface area (Å²) in [7, 11) is 0. The molecule has 72 valence electrons. The van der Waals surface area contributed by atoms with Crippen LogP contribution in [0.15, 0.2) is 0 Å². The van der Waals surface area contributed by atoms with E-state index in [1.165, 1.54) is 35.2 Å². The molecule has 0 aromatic heterocycles. The fourth-order valence-corrected chi connectivity index (χ4v) is 5.47. The van der Waals surface area contributed by atoms with E-state index in [9.17, 15) is 0 Å². The van der Waals surface area contributed by atoms with Crippen molar-refractivity contribution in [2.45, 2.75) is 18.1 Å². The Kier molecular flexibility index (Phi) is 7.43. The number of rotatable bonds is 6. The molecule has 12 heavy (non-hydrogen) atoms. The van der Waals surface area contributed by atoms with Crippen LogP contribution in [0.5, 0.6) is 0 Å². The summed E-state index contributed by atoms with van der Waals surface area (Å²) in [5, 5.41) is 2.28. The molecule has 1 unspecified atom stereocenters. The second-order valence-electron chi connectivity index (χ2n) is 2.76. The quantitative estimate of drug-likeness (QED) is 0.559. The summed E-state index contributed by atoms with van der Waals surface area (Å²) in [5.74, 6) is 5.08. The Bertz CT molecular complexity index is 101. The summed E-state index contributed by atoms with van der Waals surface area (Å²) in [6.07, 6.45) is 2.68. The summed E-state index contributed by atoms with van der Waals surface area (Å²) in [4.78, 5) is 0. The molecule has 0 saturated carbocycles. The average Bonchev–Trinajstić information content (AvgIpc) is 2.57. The summed E-state index contributed by atoms with van der Waals surface area (Å²) >= 11 is 10.5. The van der Waals surface area contributed by atoms with Crippen molar-refractivity contribution in [1.82, 2.24) is 0 Å². The molecule has 1 fully saturated rings. The van der Waals surface area contributed by atoms with Gasteiger partial charge in [-0.25, -0.2) is 0 Å². The number of thiol groups is 1. The molecule has 4 heteroatoms. The second-order valence-corrected chi connectivity index (χ2v) is 7.11. The van der Waals surface area contributed by atoms with Crippen LogP contribution in [-0.2, 0) is 0 Å². The lowest BCUT2D eigenvalue weighted by molar-refractivity contribution is 0.935. The van der Waals surface area contributed by atoms with Gasteiger partial charge in [0, 0.05) is 16.1 Å². The van der Waals surface area contributed by atoms with E-state index in [1.54, 1.807) is 0 Å². The van der Waals surface area contributed by atoms with Crippen molar-refractivity contribution < 1.29 is 0 Å². The Morgan fingerprint density at radius 1 is 1.42 bits per heavy atom. The normalized spacial score (nSPS) is 23.2. The third-order valence-electron chi connectivity index (χ3n) is 1.72. The van der Waals surface area contributed by atoms with Crippen LogP contribution in [0.1, 0.15) is 12.8 Å². The van der Waals surface area contributed by atoms with Crippen molar-refractivity contribution in [3.63, 3.8) is 0 Å². The van der Waals surface area contributed by atoms with E-state index < -0.39 is 0 Å². The fourth-order valence-electron chi connectivity index (χ4n) is 1.02. The highest BCUT2D eigenvalue weighted by molar-refractivity contribution is 8.19. The van der Waals surface area contributed by atoms with Gasteiger partial charge in [-0.05, 0) is 30.1 Å². The van der Waals surface area contributed by atoms with Crippen molar-refractivity contribution in [2.24, 2.45) is 0 Å². The maximum Gasteiger partial charge on any atom is 0.0395 e. The van der Waals surface area contributed by atoms with Gasteiger partial charge in [-0.1, -0.05) is 0 Å². The van der Waals surface area contributed by atoms with E-state index in [0.717, 1.165) is 11.0 Å². The van der Waals surface area contributed by atoms with Gasteiger partial charge >= 0.3 is 0 Å². The molecule has 0 N–H and O–H groups in total. The first kappa shape index (κ1) is 11.5. The van der Waals surface area contributed by atoms with Gasteiger partial charge < -0.3 is 0 Å². The summed E-state index contributed by atoms with van der Waals surface area (Å²) in [5.41, 5.74) is 0. The largest absolute Gasteiger partial charge is 0.179 e. The van der Waals surface area contributed by atoms with E-state index in [1.807, 2.05) is 0 Å². The molecule has 0 bridgehead atoms. The highest BCUT2D eigenvalue weighted by Crippen LogP contribution is 2.32. The van der Waals surface area contributed by atoms with Gasteiger partial charge in [-0.2, -0.15) is 24.4 Å². The minimum Gasteiger partial charge on any atom is -0.179 e. The molecule has 1 rings (SSSR count). The van der Waals surface area contributed by atoms with Crippen LogP contribution in [0.2, 0.25) is 0 Å². The van der Waals surface area contributed by atoms with Crippen LogP contribution in [0.25, 0.3) is 0 Å². The lowest BCUT2D eigenvalue weighted by Gasteiger charge is -2.05. The molecule has 1 saturated heterocycles. The third-order valence-corrected chi connectivity index (χ3v) is 6.07. The Hall–Kier alpha value is 1.40. The Morgan fingerprint density at radius 2 is 2.33 bits per heavy atom. The minimum atomic E-state index is 0.957. The number of hydrogen-bond donors (Lipinski definition) is 1. The molecule has 0 aromatic carbocycles. The molecular formula is C8H16S4. The van der Waals surface area contributed by atoms with Gasteiger partial charge in [0.1, 0.15) is 0 Å². The Morgan fingerprint density at radius 3 is 3.00 bits per heavy atom. The van der Waals surface area contributed by atoms with Crippen LogP contribution in [-0.4, -0.2) is 33.3 Å². The monoisotopic (exact) mass is 240 g/mol. The fraction of sp³-hybridized carbons (Fsp3) is 1.00. The van der Waals surface area contributed by atoms with E-state index in [2.05, 4.69) is 47.9 Å². The highest BCUT2D eigenvalue weighted by atomic mass is 32.2.